The van der Waals surface area contributed by atoms with E-state index in [2.05, 4.69) is 18.7 Å². The number of thiazole rings is 1. The Kier molecular flexibility index (Phi) is 8.46. The molecule has 29 heavy (non-hydrogen) atoms. The first-order chi connectivity index (χ1) is 13.4. The van der Waals surface area contributed by atoms with Gasteiger partial charge in [0.05, 0.1) is 10.2 Å². The molecule has 3 rings (SSSR count). The molecule has 4 nitrogen and oxygen atoms in total. The Bertz CT molecular complexity index is 985. The van der Waals surface area contributed by atoms with E-state index in [0.29, 0.717) is 17.1 Å². The van der Waals surface area contributed by atoms with Crippen LogP contribution >= 0.6 is 35.3 Å². The van der Waals surface area contributed by atoms with E-state index in [4.69, 9.17) is 16.6 Å². The Balaban J connectivity index is 0.00000300. The maximum atomic E-state index is 13.4. The van der Waals surface area contributed by atoms with Gasteiger partial charge in [-0.3, -0.25) is 9.69 Å². The first-order valence-electron chi connectivity index (χ1n) is 9.60. The second-order valence-corrected chi connectivity index (χ2v) is 8.36. The Morgan fingerprint density at radius 3 is 2.48 bits per heavy atom. The molecular formula is C22H27Cl2N3OS. The zero-order valence-corrected chi connectivity index (χ0v) is 19.6. The van der Waals surface area contributed by atoms with Crippen molar-refractivity contribution in [1.29, 1.82) is 0 Å². The number of hydrogen-bond donors (Lipinski definition) is 0. The lowest BCUT2D eigenvalue weighted by Crippen LogP contribution is -2.38. The van der Waals surface area contributed by atoms with Gasteiger partial charge in [0.2, 0.25) is 0 Å². The topological polar surface area (TPSA) is 36.4 Å². The van der Waals surface area contributed by atoms with E-state index in [0.717, 1.165) is 46.1 Å². The molecule has 2 aromatic carbocycles. The highest BCUT2D eigenvalue weighted by Crippen LogP contribution is 2.33. The summed E-state index contributed by atoms with van der Waals surface area (Å²) in [5.74, 6) is -0.0151. The van der Waals surface area contributed by atoms with Crippen molar-refractivity contribution in [2.24, 2.45) is 0 Å². The molecule has 0 N–H and O–H groups in total. The maximum absolute atomic E-state index is 13.4. The number of anilines is 1. The van der Waals surface area contributed by atoms with E-state index in [1.165, 1.54) is 11.3 Å². The van der Waals surface area contributed by atoms with Crippen LogP contribution in [0.5, 0.6) is 0 Å². The van der Waals surface area contributed by atoms with Crippen LogP contribution in [-0.4, -0.2) is 42.0 Å². The van der Waals surface area contributed by atoms with Gasteiger partial charge in [0, 0.05) is 23.7 Å². The quantitative estimate of drug-likeness (QED) is 0.443. The SMILES string of the molecule is CCN(CC)CCN(C(=O)c1cccc(C)c1)c1nc2c(C)cc(Cl)cc2s1.Cl. The number of carbonyl (C=O) groups excluding carboxylic acids is 1. The summed E-state index contributed by atoms with van der Waals surface area (Å²) >= 11 is 7.74. The normalized spacial score (nSPS) is 11.0. The molecule has 0 unspecified atom stereocenters. The first-order valence-corrected chi connectivity index (χ1v) is 10.8. The number of amides is 1. The van der Waals surface area contributed by atoms with Gasteiger partial charge >= 0.3 is 0 Å². The molecule has 0 saturated heterocycles. The van der Waals surface area contributed by atoms with Crippen LogP contribution in [-0.2, 0) is 0 Å². The molecule has 7 heteroatoms. The molecule has 0 saturated carbocycles. The summed E-state index contributed by atoms with van der Waals surface area (Å²) in [7, 11) is 0. The monoisotopic (exact) mass is 451 g/mol. The number of likely N-dealkylation sites (N-methyl/N-ethyl adjacent to an activating group) is 1. The number of aromatic nitrogens is 1. The Morgan fingerprint density at radius 2 is 1.83 bits per heavy atom. The average molecular weight is 452 g/mol. The van der Waals surface area contributed by atoms with Gasteiger partial charge in [-0.1, -0.05) is 54.5 Å². The van der Waals surface area contributed by atoms with Crippen LogP contribution in [0.3, 0.4) is 0 Å². The smallest absolute Gasteiger partial charge is 0.260 e. The highest BCUT2D eigenvalue weighted by atomic mass is 35.5. The molecule has 0 radical (unpaired) electrons. The molecule has 0 spiro atoms. The summed E-state index contributed by atoms with van der Waals surface area (Å²) in [6.07, 6.45) is 0. The lowest BCUT2D eigenvalue weighted by molar-refractivity contribution is 0.0983. The fourth-order valence-corrected chi connectivity index (χ4v) is 4.70. The van der Waals surface area contributed by atoms with Gasteiger partial charge in [0.15, 0.2) is 5.13 Å². The number of benzene rings is 2. The van der Waals surface area contributed by atoms with Crippen LogP contribution in [0.15, 0.2) is 36.4 Å². The van der Waals surface area contributed by atoms with Crippen LogP contribution < -0.4 is 4.90 Å². The molecule has 1 aromatic heterocycles. The molecule has 1 amide bonds. The highest BCUT2D eigenvalue weighted by molar-refractivity contribution is 7.22. The molecule has 0 fully saturated rings. The van der Waals surface area contributed by atoms with Crippen molar-refractivity contribution in [3.05, 3.63) is 58.1 Å². The average Bonchev–Trinajstić information content (AvgIpc) is 3.09. The number of halogens is 2. The second-order valence-electron chi connectivity index (χ2n) is 6.92. The van der Waals surface area contributed by atoms with E-state index < -0.39 is 0 Å². The molecule has 3 aromatic rings. The van der Waals surface area contributed by atoms with Crippen LogP contribution in [0.25, 0.3) is 10.2 Å². The first kappa shape index (κ1) is 23.6. The van der Waals surface area contributed by atoms with Crippen LogP contribution in [0.1, 0.15) is 35.3 Å². The van der Waals surface area contributed by atoms with Gasteiger partial charge in [0.25, 0.3) is 5.91 Å². The number of carbonyl (C=O) groups is 1. The molecule has 0 bridgehead atoms. The predicted octanol–water partition coefficient (Wildman–Crippen LogP) is 5.98. The molecule has 0 aliphatic rings. The van der Waals surface area contributed by atoms with E-state index >= 15 is 0 Å². The third kappa shape index (κ3) is 5.48. The van der Waals surface area contributed by atoms with Gasteiger partial charge in [-0.2, -0.15) is 0 Å². The van der Waals surface area contributed by atoms with Gasteiger partial charge in [-0.25, -0.2) is 4.98 Å². The summed E-state index contributed by atoms with van der Waals surface area (Å²) in [5.41, 5.74) is 3.70. The fourth-order valence-electron chi connectivity index (χ4n) is 3.26. The summed E-state index contributed by atoms with van der Waals surface area (Å²) in [5, 5.41) is 1.42. The largest absolute Gasteiger partial charge is 0.302 e. The minimum atomic E-state index is -0.0151. The number of aryl methyl sites for hydroxylation is 2. The lowest BCUT2D eigenvalue weighted by Gasteiger charge is -2.24. The van der Waals surface area contributed by atoms with Crippen molar-refractivity contribution in [3.63, 3.8) is 0 Å². The number of rotatable bonds is 7. The molecule has 0 atom stereocenters. The van der Waals surface area contributed by atoms with Crippen molar-refractivity contribution in [1.82, 2.24) is 9.88 Å². The molecule has 1 heterocycles. The summed E-state index contributed by atoms with van der Waals surface area (Å²) in [6, 6.07) is 11.6. The lowest BCUT2D eigenvalue weighted by atomic mass is 10.1. The fraction of sp³-hybridized carbons (Fsp3) is 0.364. The van der Waals surface area contributed by atoms with E-state index in [1.807, 2.05) is 55.1 Å². The van der Waals surface area contributed by atoms with Crippen molar-refractivity contribution in [2.75, 3.05) is 31.1 Å². The Labute approximate surface area is 187 Å². The zero-order chi connectivity index (χ0) is 20.3. The Hall–Kier alpha value is -1.66. The molecule has 0 aliphatic carbocycles. The maximum Gasteiger partial charge on any atom is 0.260 e. The summed E-state index contributed by atoms with van der Waals surface area (Å²) in [4.78, 5) is 22.3. The van der Waals surface area contributed by atoms with E-state index in [-0.39, 0.29) is 18.3 Å². The third-order valence-corrected chi connectivity index (χ3v) is 6.16. The third-order valence-electron chi connectivity index (χ3n) is 4.91. The predicted molar refractivity (Wildman–Crippen MR) is 127 cm³/mol. The highest BCUT2D eigenvalue weighted by Gasteiger charge is 2.22. The summed E-state index contributed by atoms with van der Waals surface area (Å²) < 4.78 is 1.00. The van der Waals surface area contributed by atoms with Crippen molar-refractivity contribution < 1.29 is 4.79 Å². The summed E-state index contributed by atoms with van der Waals surface area (Å²) in [6.45, 7) is 11.6. The van der Waals surface area contributed by atoms with Crippen LogP contribution in [0, 0.1) is 13.8 Å². The molecule has 0 aliphatic heterocycles. The van der Waals surface area contributed by atoms with Crippen LogP contribution in [0.2, 0.25) is 5.02 Å². The van der Waals surface area contributed by atoms with E-state index in [1.54, 1.807) is 0 Å². The van der Waals surface area contributed by atoms with Gasteiger partial charge in [-0.15, -0.1) is 12.4 Å². The van der Waals surface area contributed by atoms with Gasteiger partial charge in [-0.05, 0) is 56.8 Å². The number of nitrogens with zero attached hydrogens (tertiary/aromatic N) is 3. The van der Waals surface area contributed by atoms with Crippen molar-refractivity contribution >= 4 is 56.6 Å². The standard InChI is InChI=1S/C22H26ClN3OS.ClH/c1-5-25(6-2)10-11-26(21(27)17-9-7-8-15(3)12-17)22-24-20-16(4)13-18(23)14-19(20)28-22;/h7-9,12-14H,5-6,10-11H2,1-4H3;1H. The number of fused-ring (bicyclic) bond motifs is 1. The van der Waals surface area contributed by atoms with Crippen molar-refractivity contribution in [2.45, 2.75) is 27.7 Å². The van der Waals surface area contributed by atoms with Gasteiger partial charge < -0.3 is 4.90 Å². The molecule has 156 valence electrons. The van der Waals surface area contributed by atoms with Crippen LogP contribution in [0.4, 0.5) is 5.13 Å². The molecular weight excluding hydrogens is 425 g/mol. The number of hydrogen-bond acceptors (Lipinski definition) is 4. The van der Waals surface area contributed by atoms with Crippen molar-refractivity contribution in [3.8, 4) is 0 Å². The van der Waals surface area contributed by atoms with Gasteiger partial charge in [0.1, 0.15) is 0 Å². The minimum Gasteiger partial charge on any atom is -0.302 e. The minimum absolute atomic E-state index is 0. The second kappa shape index (κ2) is 10.4. The van der Waals surface area contributed by atoms with E-state index in [9.17, 15) is 4.79 Å². The zero-order valence-electron chi connectivity index (χ0n) is 17.2. The Morgan fingerprint density at radius 1 is 1.10 bits per heavy atom.